The van der Waals surface area contributed by atoms with Gasteiger partial charge in [-0.2, -0.15) is 0 Å². The first kappa shape index (κ1) is 16.4. The second kappa shape index (κ2) is 8.53. The van der Waals surface area contributed by atoms with Gasteiger partial charge < -0.3 is 15.4 Å². The summed E-state index contributed by atoms with van der Waals surface area (Å²) in [5, 5.41) is 0. The number of hydrogen-bond donors (Lipinski definition) is 1. The lowest BCUT2D eigenvalue weighted by atomic mass is 10.1. The molecular formula is C15H23FN2O2. The zero-order valence-corrected chi connectivity index (χ0v) is 12.1. The second-order valence-electron chi connectivity index (χ2n) is 4.81. The molecule has 0 fully saturated rings. The Labute approximate surface area is 119 Å². The van der Waals surface area contributed by atoms with Crippen molar-refractivity contribution in [2.45, 2.75) is 32.2 Å². The van der Waals surface area contributed by atoms with Crippen molar-refractivity contribution in [1.82, 2.24) is 4.90 Å². The number of unbranched alkanes of at least 4 members (excludes halogenated alkanes) is 1. The van der Waals surface area contributed by atoms with Crippen molar-refractivity contribution in [1.29, 1.82) is 0 Å². The van der Waals surface area contributed by atoms with E-state index in [-0.39, 0.29) is 11.7 Å². The molecule has 1 aromatic carbocycles. The molecule has 1 amide bonds. The first-order chi connectivity index (χ1) is 9.54. The Morgan fingerprint density at radius 3 is 2.90 bits per heavy atom. The molecule has 20 heavy (non-hydrogen) atoms. The lowest BCUT2D eigenvalue weighted by Gasteiger charge is -2.21. The highest BCUT2D eigenvalue weighted by molar-refractivity contribution is 5.81. The quantitative estimate of drug-likeness (QED) is 0.795. The van der Waals surface area contributed by atoms with Gasteiger partial charge in [-0.3, -0.25) is 4.79 Å². The van der Waals surface area contributed by atoms with Crippen molar-refractivity contribution in [2.75, 3.05) is 20.2 Å². The predicted molar refractivity (Wildman–Crippen MR) is 77.0 cm³/mol. The molecule has 4 nitrogen and oxygen atoms in total. The Bertz CT molecular complexity index is 426. The second-order valence-corrected chi connectivity index (χ2v) is 4.81. The highest BCUT2D eigenvalue weighted by atomic mass is 19.1. The summed E-state index contributed by atoms with van der Waals surface area (Å²) in [6.45, 7) is 2.80. The van der Waals surface area contributed by atoms with Crippen LogP contribution >= 0.6 is 0 Å². The molecule has 0 heterocycles. The number of likely N-dealkylation sites (N-methyl/N-ethyl adjacent to an activating group) is 1. The number of ether oxygens (including phenoxy) is 1. The Hall–Kier alpha value is -1.62. The minimum Gasteiger partial charge on any atom is -0.492 e. The minimum atomic E-state index is -0.450. The van der Waals surface area contributed by atoms with Crippen LogP contribution in [-0.2, 0) is 4.79 Å². The third kappa shape index (κ3) is 5.57. The maximum absolute atomic E-state index is 12.9. The Kier molecular flexibility index (Phi) is 7.01. The van der Waals surface area contributed by atoms with Gasteiger partial charge in [-0.1, -0.05) is 25.8 Å². The van der Waals surface area contributed by atoms with Gasteiger partial charge in [-0.05, 0) is 18.6 Å². The average molecular weight is 282 g/mol. The van der Waals surface area contributed by atoms with E-state index in [0.717, 1.165) is 12.8 Å². The van der Waals surface area contributed by atoms with Crippen molar-refractivity contribution in [3.05, 3.63) is 30.1 Å². The summed E-state index contributed by atoms with van der Waals surface area (Å²) in [5.74, 6) is 0.0379. The van der Waals surface area contributed by atoms with Crippen molar-refractivity contribution in [3.8, 4) is 5.75 Å². The summed E-state index contributed by atoms with van der Waals surface area (Å²) < 4.78 is 18.3. The molecule has 0 spiro atoms. The van der Waals surface area contributed by atoms with E-state index in [1.165, 1.54) is 12.1 Å². The molecule has 0 unspecified atom stereocenters. The maximum atomic E-state index is 12.9. The average Bonchev–Trinajstić information content (AvgIpc) is 2.43. The Morgan fingerprint density at radius 2 is 2.25 bits per heavy atom. The number of carbonyl (C=O) groups excluding carboxylic acids is 1. The van der Waals surface area contributed by atoms with Crippen LogP contribution in [0.1, 0.15) is 26.2 Å². The third-order valence-corrected chi connectivity index (χ3v) is 3.05. The third-order valence-electron chi connectivity index (χ3n) is 3.05. The van der Waals surface area contributed by atoms with E-state index in [1.807, 2.05) is 0 Å². The van der Waals surface area contributed by atoms with E-state index >= 15 is 0 Å². The smallest absolute Gasteiger partial charge is 0.239 e. The van der Waals surface area contributed by atoms with Gasteiger partial charge in [-0.15, -0.1) is 0 Å². The van der Waals surface area contributed by atoms with Gasteiger partial charge in [-0.25, -0.2) is 4.39 Å². The number of nitrogens with two attached hydrogens (primary N) is 1. The first-order valence-electron chi connectivity index (χ1n) is 6.93. The van der Waals surface area contributed by atoms with Crippen LogP contribution in [0.15, 0.2) is 24.3 Å². The molecule has 1 aromatic rings. The lowest BCUT2D eigenvalue weighted by Crippen LogP contribution is -2.43. The van der Waals surface area contributed by atoms with E-state index in [2.05, 4.69) is 6.92 Å². The van der Waals surface area contributed by atoms with Crippen LogP contribution in [0.25, 0.3) is 0 Å². The maximum Gasteiger partial charge on any atom is 0.239 e. The summed E-state index contributed by atoms with van der Waals surface area (Å²) in [6, 6.07) is 5.48. The Balaban J connectivity index is 2.32. The molecule has 1 atom stereocenters. The van der Waals surface area contributed by atoms with Gasteiger partial charge in [0.05, 0.1) is 12.6 Å². The molecule has 0 saturated carbocycles. The van der Waals surface area contributed by atoms with Crippen molar-refractivity contribution < 1.29 is 13.9 Å². The Morgan fingerprint density at radius 1 is 1.50 bits per heavy atom. The molecule has 0 saturated heterocycles. The fraction of sp³-hybridized carbons (Fsp3) is 0.533. The van der Waals surface area contributed by atoms with Gasteiger partial charge in [0.2, 0.25) is 5.91 Å². The van der Waals surface area contributed by atoms with E-state index in [1.54, 1.807) is 24.1 Å². The summed E-state index contributed by atoms with van der Waals surface area (Å²) in [7, 11) is 1.70. The number of amides is 1. The zero-order chi connectivity index (χ0) is 15.0. The lowest BCUT2D eigenvalue weighted by molar-refractivity contribution is -0.131. The molecule has 1 rings (SSSR count). The number of carbonyl (C=O) groups is 1. The number of hydrogen-bond acceptors (Lipinski definition) is 3. The molecule has 0 aliphatic heterocycles. The van der Waals surface area contributed by atoms with E-state index in [9.17, 15) is 9.18 Å². The summed E-state index contributed by atoms with van der Waals surface area (Å²) in [5.41, 5.74) is 5.83. The van der Waals surface area contributed by atoms with Gasteiger partial charge in [0.15, 0.2) is 0 Å². The van der Waals surface area contributed by atoms with Crippen molar-refractivity contribution in [2.24, 2.45) is 5.73 Å². The molecule has 0 radical (unpaired) electrons. The van der Waals surface area contributed by atoms with Crippen LogP contribution < -0.4 is 10.5 Å². The molecule has 0 aliphatic rings. The molecule has 0 aromatic heterocycles. The highest BCUT2D eigenvalue weighted by Crippen LogP contribution is 2.11. The standard InChI is InChI=1S/C15H23FN2O2/c1-3-4-8-14(17)15(19)18(2)9-10-20-13-7-5-6-12(16)11-13/h5-7,11,14H,3-4,8-10,17H2,1-2H3/t14-/m0/s1. The van der Waals surface area contributed by atoms with Gasteiger partial charge >= 0.3 is 0 Å². The molecule has 0 aliphatic carbocycles. The van der Waals surface area contributed by atoms with Gasteiger partial charge in [0.25, 0.3) is 0 Å². The van der Waals surface area contributed by atoms with Crippen molar-refractivity contribution in [3.63, 3.8) is 0 Å². The molecule has 5 heteroatoms. The fourth-order valence-corrected chi connectivity index (χ4v) is 1.80. The molecule has 112 valence electrons. The topological polar surface area (TPSA) is 55.6 Å². The summed E-state index contributed by atoms with van der Waals surface area (Å²) in [6.07, 6.45) is 2.67. The fourth-order valence-electron chi connectivity index (χ4n) is 1.80. The minimum absolute atomic E-state index is 0.0821. The van der Waals surface area contributed by atoms with Crippen LogP contribution in [0, 0.1) is 5.82 Å². The molecular weight excluding hydrogens is 259 g/mol. The molecule has 0 bridgehead atoms. The van der Waals surface area contributed by atoms with E-state index < -0.39 is 6.04 Å². The predicted octanol–water partition coefficient (Wildman–Crippen LogP) is 2.18. The summed E-state index contributed by atoms with van der Waals surface area (Å²) >= 11 is 0. The highest BCUT2D eigenvalue weighted by Gasteiger charge is 2.17. The number of halogens is 1. The van der Waals surface area contributed by atoms with Gasteiger partial charge in [0.1, 0.15) is 18.2 Å². The van der Waals surface area contributed by atoms with E-state index in [0.29, 0.717) is 25.3 Å². The van der Waals surface area contributed by atoms with Crippen LogP contribution in [-0.4, -0.2) is 37.0 Å². The number of rotatable bonds is 8. The SMILES string of the molecule is CCCC[C@H](N)C(=O)N(C)CCOc1cccc(F)c1. The largest absolute Gasteiger partial charge is 0.492 e. The van der Waals surface area contributed by atoms with Gasteiger partial charge in [0, 0.05) is 13.1 Å². The van der Waals surface area contributed by atoms with Crippen LogP contribution in [0.4, 0.5) is 4.39 Å². The van der Waals surface area contributed by atoms with Crippen molar-refractivity contribution >= 4 is 5.91 Å². The van der Waals surface area contributed by atoms with E-state index in [4.69, 9.17) is 10.5 Å². The zero-order valence-electron chi connectivity index (χ0n) is 12.1. The molecule has 2 N–H and O–H groups in total. The van der Waals surface area contributed by atoms with Crippen LogP contribution in [0.3, 0.4) is 0 Å². The number of benzene rings is 1. The van der Waals surface area contributed by atoms with Crippen LogP contribution in [0.2, 0.25) is 0 Å². The first-order valence-corrected chi connectivity index (χ1v) is 6.93. The summed E-state index contributed by atoms with van der Waals surface area (Å²) in [4.78, 5) is 13.5. The normalized spacial score (nSPS) is 12.0. The monoisotopic (exact) mass is 282 g/mol. The number of nitrogens with zero attached hydrogens (tertiary/aromatic N) is 1. The van der Waals surface area contributed by atoms with Crippen LogP contribution in [0.5, 0.6) is 5.75 Å².